The number of nitrogens with zero attached hydrogens (tertiary/aromatic N) is 4. The van der Waals surface area contributed by atoms with Crippen LogP contribution >= 0.6 is 0 Å². The average Bonchev–Trinajstić information content (AvgIpc) is 3.36. The summed E-state index contributed by atoms with van der Waals surface area (Å²) in [6.45, 7) is 7.33. The van der Waals surface area contributed by atoms with Gasteiger partial charge in [-0.3, -0.25) is 19.6 Å². The quantitative estimate of drug-likeness (QED) is 0.298. The predicted molar refractivity (Wildman–Crippen MR) is 146 cm³/mol. The molecule has 1 amide bonds. The van der Waals surface area contributed by atoms with Gasteiger partial charge in [0.25, 0.3) is 5.91 Å². The van der Waals surface area contributed by atoms with Crippen molar-refractivity contribution in [3.63, 3.8) is 0 Å². The summed E-state index contributed by atoms with van der Waals surface area (Å²) in [7, 11) is 0. The van der Waals surface area contributed by atoms with E-state index in [1.54, 1.807) is 6.20 Å². The lowest BCUT2D eigenvalue weighted by Crippen LogP contribution is -2.46. The Morgan fingerprint density at radius 3 is 2.32 bits per heavy atom. The van der Waals surface area contributed by atoms with Crippen molar-refractivity contribution in [2.45, 2.75) is 27.9 Å². The molecular weight excluding hydrogens is 466 g/mol. The van der Waals surface area contributed by atoms with Crippen LogP contribution in [0.5, 0.6) is 0 Å². The van der Waals surface area contributed by atoms with E-state index >= 15 is 0 Å². The van der Waals surface area contributed by atoms with Crippen LogP contribution in [0.3, 0.4) is 0 Å². The number of carbonyl (C=O) groups excluding carboxylic acids is 1. The van der Waals surface area contributed by atoms with Gasteiger partial charge in [0, 0.05) is 55.5 Å². The lowest BCUT2D eigenvalue weighted by atomic mass is 10.2. The van der Waals surface area contributed by atoms with E-state index in [9.17, 15) is 4.79 Å². The molecule has 2 aromatic heterocycles. The van der Waals surface area contributed by atoms with Gasteiger partial charge in [-0.2, -0.15) is 0 Å². The number of amides is 1. The van der Waals surface area contributed by atoms with Crippen LogP contribution in [0, 0.1) is 13.8 Å². The van der Waals surface area contributed by atoms with Crippen molar-refractivity contribution in [3.05, 3.63) is 102 Å². The Kier molecular flexibility index (Phi) is 10.1. The van der Waals surface area contributed by atoms with E-state index in [0.717, 1.165) is 41.4 Å². The number of pyridine rings is 1. The zero-order valence-corrected chi connectivity index (χ0v) is 20.6. The monoisotopic (exact) mass is 501 g/mol. The lowest BCUT2D eigenvalue weighted by molar-refractivity contribution is -0.253. The molecule has 2 N–H and O–H groups in total. The van der Waals surface area contributed by atoms with Crippen LogP contribution in [-0.2, 0) is 11.5 Å². The van der Waals surface area contributed by atoms with Crippen molar-refractivity contribution < 1.29 is 14.9 Å². The molecule has 1 aliphatic heterocycles. The number of piperazine rings is 1. The van der Waals surface area contributed by atoms with Crippen LogP contribution in [0.2, 0.25) is 0 Å². The molecule has 0 aliphatic carbocycles. The van der Waals surface area contributed by atoms with Crippen molar-refractivity contribution in [1.82, 2.24) is 24.8 Å². The minimum absolute atomic E-state index is 0. The number of aromatic nitrogens is 3. The molecule has 0 unspecified atom stereocenters. The van der Waals surface area contributed by atoms with Gasteiger partial charge >= 0.3 is 0 Å². The molecule has 0 bridgehead atoms. The maximum atomic E-state index is 12.9. The molecule has 37 heavy (non-hydrogen) atoms. The molecule has 1 fully saturated rings. The largest absolute Gasteiger partial charge is 0.335 e. The molecule has 0 saturated carbocycles. The van der Waals surface area contributed by atoms with Gasteiger partial charge in [0.2, 0.25) is 0 Å². The minimum Gasteiger partial charge on any atom is -0.335 e. The van der Waals surface area contributed by atoms with Gasteiger partial charge in [-0.1, -0.05) is 55.5 Å². The van der Waals surface area contributed by atoms with E-state index in [1.165, 1.54) is 5.56 Å². The van der Waals surface area contributed by atoms with E-state index < -0.39 is 0 Å². The molecule has 0 spiro atoms. The Labute approximate surface area is 218 Å². The first kappa shape index (κ1) is 27.7. The zero-order valence-electron chi connectivity index (χ0n) is 20.6. The first-order valence-corrected chi connectivity index (χ1v) is 11.9. The topological polar surface area (TPSA) is 92.5 Å². The summed E-state index contributed by atoms with van der Waals surface area (Å²) in [5.74, 6) is 0.702. The van der Waals surface area contributed by atoms with Crippen molar-refractivity contribution in [1.29, 1.82) is 0 Å². The summed E-state index contributed by atoms with van der Waals surface area (Å²) >= 11 is 0. The van der Waals surface area contributed by atoms with Crippen molar-refractivity contribution in [3.8, 4) is 17.1 Å². The third-order valence-corrected chi connectivity index (χ3v) is 5.88. The SMILES string of the molecule is C.Cc1ccc(-n2cc(C(=O)N3CCNCC3)nc2-c2ccc(C)nc2)cc1.OOCc1ccccc1. The van der Waals surface area contributed by atoms with Gasteiger partial charge in [0.1, 0.15) is 18.1 Å². The van der Waals surface area contributed by atoms with Gasteiger partial charge in [0.15, 0.2) is 0 Å². The third-order valence-electron chi connectivity index (χ3n) is 5.88. The molecule has 3 heterocycles. The van der Waals surface area contributed by atoms with Crippen molar-refractivity contribution >= 4 is 5.91 Å². The summed E-state index contributed by atoms with van der Waals surface area (Å²) in [4.78, 5) is 27.8. The zero-order chi connectivity index (χ0) is 25.3. The standard InChI is InChI=1S/C21H23N5O.C7H8O2.CH4/c1-15-3-7-18(8-4-15)26-14-19(21(27)25-11-9-22-10-12-25)24-20(26)17-6-5-16(2)23-13-17;8-9-6-7-4-2-1-3-5-7;/h3-8,13-14,22H,9-12H2,1-2H3;1-5,8H,6H2;1H4. The van der Waals surface area contributed by atoms with E-state index in [2.05, 4.69) is 34.2 Å². The maximum Gasteiger partial charge on any atom is 0.274 e. The Balaban J connectivity index is 0.000000324. The second kappa shape index (κ2) is 13.5. The average molecular weight is 502 g/mol. The molecular formula is C29H35N5O3. The molecule has 2 aromatic carbocycles. The van der Waals surface area contributed by atoms with E-state index in [1.807, 2.05) is 77.2 Å². The van der Waals surface area contributed by atoms with Crippen LogP contribution in [0.4, 0.5) is 0 Å². The van der Waals surface area contributed by atoms with Gasteiger partial charge in [0.05, 0.1) is 0 Å². The van der Waals surface area contributed by atoms with Gasteiger partial charge in [-0.25, -0.2) is 9.87 Å². The highest BCUT2D eigenvalue weighted by Crippen LogP contribution is 2.24. The Morgan fingerprint density at radius 2 is 1.70 bits per heavy atom. The van der Waals surface area contributed by atoms with Gasteiger partial charge < -0.3 is 10.2 Å². The highest BCUT2D eigenvalue weighted by molar-refractivity contribution is 5.93. The number of carbonyl (C=O) groups is 1. The molecule has 194 valence electrons. The van der Waals surface area contributed by atoms with E-state index in [4.69, 9.17) is 10.2 Å². The number of imidazole rings is 1. The summed E-state index contributed by atoms with van der Waals surface area (Å²) in [6, 6.07) is 21.6. The number of hydrogen-bond donors (Lipinski definition) is 2. The number of nitrogens with one attached hydrogen (secondary N) is 1. The molecule has 8 nitrogen and oxygen atoms in total. The summed E-state index contributed by atoms with van der Waals surface area (Å²) < 4.78 is 1.97. The summed E-state index contributed by atoms with van der Waals surface area (Å²) in [5.41, 5.74) is 5.44. The second-order valence-corrected chi connectivity index (χ2v) is 8.64. The van der Waals surface area contributed by atoms with Crippen molar-refractivity contribution in [2.75, 3.05) is 26.2 Å². The predicted octanol–water partition coefficient (Wildman–Crippen LogP) is 4.91. The fourth-order valence-electron chi connectivity index (χ4n) is 3.87. The fraction of sp³-hybridized carbons (Fsp3) is 0.276. The van der Waals surface area contributed by atoms with Gasteiger partial charge in [-0.05, 0) is 43.7 Å². The number of hydrogen-bond acceptors (Lipinski definition) is 6. The first-order chi connectivity index (χ1) is 17.5. The van der Waals surface area contributed by atoms with Crippen molar-refractivity contribution in [2.24, 2.45) is 0 Å². The minimum atomic E-state index is -0.0244. The van der Waals surface area contributed by atoms with E-state index in [-0.39, 0.29) is 19.9 Å². The Hall–Kier alpha value is -3.85. The third kappa shape index (κ3) is 7.33. The smallest absolute Gasteiger partial charge is 0.274 e. The molecule has 0 radical (unpaired) electrons. The Morgan fingerprint density at radius 1 is 1.00 bits per heavy atom. The molecule has 4 aromatic rings. The second-order valence-electron chi connectivity index (χ2n) is 8.64. The molecule has 0 atom stereocenters. The summed E-state index contributed by atoms with van der Waals surface area (Å²) in [5, 5.41) is 11.3. The number of benzene rings is 2. The number of aryl methyl sites for hydroxylation is 2. The normalized spacial score (nSPS) is 12.8. The Bertz CT molecular complexity index is 1190. The van der Waals surface area contributed by atoms with Crippen LogP contribution in [0.1, 0.15) is 34.7 Å². The highest BCUT2D eigenvalue weighted by Gasteiger charge is 2.23. The maximum absolute atomic E-state index is 12.9. The van der Waals surface area contributed by atoms with Crippen LogP contribution in [0.15, 0.2) is 79.1 Å². The molecule has 8 heteroatoms. The first-order valence-electron chi connectivity index (χ1n) is 11.9. The summed E-state index contributed by atoms with van der Waals surface area (Å²) in [6.07, 6.45) is 3.64. The lowest BCUT2D eigenvalue weighted by Gasteiger charge is -2.26. The fourth-order valence-corrected chi connectivity index (χ4v) is 3.87. The van der Waals surface area contributed by atoms with Crippen LogP contribution < -0.4 is 5.32 Å². The van der Waals surface area contributed by atoms with Crippen LogP contribution in [-0.4, -0.2) is 56.8 Å². The number of rotatable bonds is 5. The molecule has 5 rings (SSSR count). The van der Waals surface area contributed by atoms with E-state index in [0.29, 0.717) is 18.8 Å². The molecule has 1 saturated heterocycles. The highest BCUT2D eigenvalue weighted by atomic mass is 17.1. The van der Waals surface area contributed by atoms with Gasteiger partial charge in [-0.15, -0.1) is 0 Å². The molecule has 1 aliphatic rings. The van der Waals surface area contributed by atoms with Crippen LogP contribution in [0.25, 0.3) is 17.1 Å².